The predicted molar refractivity (Wildman–Crippen MR) is 65.0 cm³/mol. The molecule has 1 aromatic carbocycles. The van der Waals surface area contributed by atoms with Gasteiger partial charge in [0, 0.05) is 6.54 Å². The van der Waals surface area contributed by atoms with Gasteiger partial charge in [-0.3, -0.25) is 4.84 Å². The average Bonchev–Trinajstić information content (AvgIpc) is 2.28. The van der Waals surface area contributed by atoms with Crippen LogP contribution in [0.25, 0.3) is 0 Å². The van der Waals surface area contributed by atoms with Crippen LogP contribution >= 0.6 is 0 Å². The molecular weight excluding hydrogens is 236 g/mol. The SMILES string of the molecule is Cc1cccc(CCNC(=O)NOCC(=O)O)c1. The molecule has 0 aliphatic heterocycles. The fraction of sp³-hybridized carbons (Fsp3) is 0.333. The van der Waals surface area contributed by atoms with Gasteiger partial charge in [0.15, 0.2) is 6.61 Å². The highest BCUT2D eigenvalue weighted by molar-refractivity contribution is 5.73. The molecule has 0 aromatic heterocycles. The van der Waals surface area contributed by atoms with Crippen molar-refractivity contribution in [3.63, 3.8) is 0 Å². The number of carbonyl (C=O) groups excluding carboxylic acids is 1. The van der Waals surface area contributed by atoms with Gasteiger partial charge in [-0.15, -0.1) is 0 Å². The number of carboxylic acid groups (broad SMARTS) is 1. The maximum atomic E-state index is 11.1. The third-order valence-corrected chi connectivity index (χ3v) is 2.14. The van der Waals surface area contributed by atoms with E-state index in [1.165, 1.54) is 5.56 Å². The summed E-state index contributed by atoms with van der Waals surface area (Å²) in [7, 11) is 0. The number of urea groups is 1. The minimum atomic E-state index is -1.14. The van der Waals surface area contributed by atoms with Crippen LogP contribution in [0.3, 0.4) is 0 Å². The third kappa shape index (κ3) is 5.86. The molecule has 98 valence electrons. The molecule has 0 spiro atoms. The maximum absolute atomic E-state index is 11.1. The summed E-state index contributed by atoms with van der Waals surface area (Å²) in [5.41, 5.74) is 4.28. The first-order valence-electron chi connectivity index (χ1n) is 5.51. The van der Waals surface area contributed by atoms with Crippen molar-refractivity contribution in [3.05, 3.63) is 35.4 Å². The molecule has 1 aromatic rings. The lowest BCUT2D eigenvalue weighted by Gasteiger charge is -2.07. The Bertz CT molecular complexity index is 420. The van der Waals surface area contributed by atoms with Crippen LogP contribution in [0.4, 0.5) is 4.79 Å². The van der Waals surface area contributed by atoms with Crippen LogP contribution in [-0.2, 0) is 16.1 Å². The van der Waals surface area contributed by atoms with Crippen molar-refractivity contribution in [2.24, 2.45) is 0 Å². The molecule has 0 aliphatic rings. The molecule has 0 saturated heterocycles. The van der Waals surface area contributed by atoms with E-state index in [0.29, 0.717) is 13.0 Å². The second-order valence-electron chi connectivity index (χ2n) is 3.78. The predicted octanol–water partition coefficient (Wildman–Crippen LogP) is 0.853. The largest absolute Gasteiger partial charge is 0.479 e. The van der Waals surface area contributed by atoms with E-state index in [-0.39, 0.29) is 0 Å². The van der Waals surface area contributed by atoms with Crippen molar-refractivity contribution in [3.8, 4) is 0 Å². The van der Waals surface area contributed by atoms with Crippen molar-refractivity contribution in [1.82, 2.24) is 10.8 Å². The Morgan fingerprint density at radius 3 is 2.83 bits per heavy atom. The average molecular weight is 252 g/mol. The lowest BCUT2D eigenvalue weighted by molar-refractivity contribution is -0.144. The zero-order chi connectivity index (χ0) is 13.4. The van der Waals surface area contributed by atoms with E-state index >= 15 is 0 Å². The molecule has 1 rings (SSSR count). The first kappa shape index (κ1) is 14.0. The van der Waals surface area contributed by atoms with Crippen LogP contribution < -0.4 is 10.8 Å². The van der Waals surface area contributed by atoms with Crippen LogP contribution in [0.1, 0.15) is 11.1 Å². The lowest BCUT2D eigenvalue weighted by Crippen LogP contribution is -2.37. The van der Waals surface area contributed by atoms with E-state index < -0.39 is 18.6 Å². The van der Waals surface area contributed by atoms with Gasteiger partial charge in [-0.2, -0.15) is 0 Å². The molecule has 2 amide bonds. The Labute approximate surface area is 105 Å². The van der Waals surface area contributed by atoms with Gasteiger partial charge in [-0.05, 0) is 18.9 Å². The van der Waals surface area contributed by atoms with Gasteiger partial charge >= 0.3 is 12.0 Å². The molecular formula is C12H16N2O4. The molecule has 0 atom stereocenters. The van der Waals surface area contributed by atoms with Crippen LogP contribution in [0.15, 0.2) is 24.3 Å². The molecule has 6 heteroatoms. The second-order valence-corrected chi connectivity index (χ2v) is 3.78. The Morgan fingerprint density at radius 2 is 2.17 bits per heavy atom. The highest BCUT2D eigenvalue weighted by Gasteiger charge is 2.02. The summed E-state index contributed by atoms with van der Waals surface area (Å²) >= 11 is 0. The molecule has 0 fully saturated rings. The van der Waals surface area contributed by atoms with Crippen LogP contribution in [0.5, 0.6) is 0 Å². The number of aryl methyl sites for hydroxylation is 1. The number of hydrogen-bond acceptors (Lipinski definition) is 3. The number of aliphatic carboxylic acids is 1. The number of carboxylic acids is 1. The summed E-state index contributed by atoms with van der Waals surface area (Å²) in [4.78, 5) is 25.7. The minimum Gasteiger partial charge on any atom is -0.479 e. The summed E-state index contributed by atoms with van der Waals surface area (Å²) in [5, 5.41) is 10.8. The van der Waals surface area contributed by atoms with Crippen molar-refractivity contribution in [1.29, 1.82) is 0 Å². The highest BCUT2D eigenvalue weighted by atomic mass is 16.7. The highest BCUT2D eigenvalue weighted by Crippen LogP contribution is 2.03. The first-order chi connectivity index (χ1) is 8.58. The number of hydrogen-bond donors (Lipinski definition) is 3. The van der Waals surface area contributed by atoms with Gasteiger partial charge in [-0.25, -0.2) is 15.1 Å². The van der Waals surface area contributed by atoms with Crippen molar-refractivity contribution in [2.75, 3.05) is 13.2 Å². The molecule has 18 heavy (non-hydrogen) atoms. The van der Waals surface area contributed by atoms with Crippen molar-refractivity contribution < 1.29 is 19.5 Å². The van der Waals surface area contributed by atoms with Gasteiger partial charge in [0.25, 0.3) is 0 Å². The van der Waals surface area contributed by atoms with Gasteiger partial charge in [0.1, 0.15) is 0 Å². The third-order valence-electron chi connectivity index (χ3n) is 2.14. The summed E-state index contributed by atoms with van der Waals surface area (Å²) in [6.07, 6.45) is 0.702. The van der Waals surface area contributed by atoms with Crippen LogP contribution in [0.2, 0.25) is 0 Å². The van der Waals surface area contributed by atoms with E-state index in [2.05, 4.69) is 10.2 Å². The normalized spacial score (nSPS) is 9.83. The minimum absolute atomic E-state index is 0.450. The molecule has 0 bridgehead atoms. The van der Waals surface area contributed by atoms with Gasteiger partial charge in [0.2, 0.25) is 0 Å². The summed E-state index contributed by atoms with van der Waals surface area (Å²) < 4.78 is 0. The van der Waals surface area contributed by atoms with Crippen LogP contribution in [-0.4, -0.2) is 30.3 Å². The van der Waals surface area contributed by atoms with Crippen molar-refractivity contribution in [2.45, 2.75) is 13.3 Å². The number of hydroxylamine groups is 1. The van der Waals surface area contributed by atoms with E-state index in [0.717, 1.165) is 5.56 Å². The fourth-order valence-electron chi connectivity index (χ4n) is 1.39. The van der Waals surface area contributed by atoms with E-state index in [4.69, 9.17) is 5.11 Å². The molecule has 6 nitrogen and oxygen atoms in total. The molecule has 0 heterocycles. The first-order valence-corrected chi connectivity index (χ1v) is 5.51. The summed E-state index contributed by atoms with van der Waals surface area (Å²) in [6, 6.07) is 7.43. The number of benzene rings is 1. The van der Waals surface area contributed by atoms with Gasteiger partial charge < -0.3 is 10.4 Å². The number of rotatable bonds is 6. The standard InChI is InChI=1S/C12H16N2O4/c1-9-3-2-4-10(7-9)5-6-13-12(17)14-18-8-11(15)16/h2-4,7H,5-6,8H2,1H3,(H,15,16)(H2,13,14,17). The number of carbonyl (C=O) groups is 2. The van der Waals surface area contributed by atoms with E-state index in [1.54, 1.807) is 0 Å². The van der Waals surface area contributed by atoms with E-state index in [1.807, 2.05) is 36.7 Å². The number of amides is 2. The van der Waals surface area contributed by atoms with Crippen molar-refractivity contribution >= 4 is 12.0 Å². The molecule has 0 aliphatic carbocycles. The Kier molecular flexibility index (Phi) is 5.66. The number of nitrogens with one attached hydrogen (secondary N) is 2. The zero-order valence-corrected chi connectivity index (χ0v) is 10.1. The van der Waals surface area contributed by atoms with Crippen LogP contribution in [0, 0.1) is 6.92 Å². The summed E-state index contributed by atoms with van der Waals surface area (Å²) in [6.45, 7) is 1.89. The Balaban J connectivity index is 2.17. The van der Waals surface area contributed by atoms with Gasteiger partial charge in [0.05, 0.1) is 0 Å². The summed E-state index contributed by atoms with van der Waals surface area (Å²) in [5.74, 6) is -1.14. The van der Waals surface area contributed by atoms with E-state index in [9.17, 15) is 9.59 Å². The topological polar surface area (TPSA) is 87.7 Å². The van der Waals surface area contributed by atoms with Gasteiger partial charge in [-0.1, -0.05) is 29.8 Å². The lowest BCUT2D eigenvalue weighted by atomic mass is 10.1. The fourth-order valence-corrected chi connectivity index (χ4v) is 1.39. The molecule has 3 N–H and O–H groups in total. The smallest absolute Gasteiger partial charge is 0.338 e. The molecule has 0 radical (unpaired) electrons. The molecule has 0 saturated carbocycles. The quantitative estimate of drug-likeness (QED) is 0.655. The zero-order valence-electron chi connectivity index (χ0n) is 10.1. The monoisotopic (exact) mass is 252 g/mol. The Morgan fingerprint density at radius 1 is 1.39 bits per heavy atom. The maximum Gasteiger partial charge on any atom is 0.338 e. The Hall–Kier alpha value is -2.08. The molecule has 0 unspecified atom stereocenters. The second kappa shape index (κ2) is 7.29.